The first kappa shape index (κ1) is 14.1. The molecule has 22 heavy (non-hydrogen) atoms. The van der Waals surface area contributed by atoms with Crippen molar-refractivity contribution in [1.82, 2.24) is 20.2 Å². The smallest absolute Gasteiger partial charge is 0.292 e. The van der Waals surface area contributed by atoms with Gasteiger partial charge in [0.25, 0.3) is 5.69 Å². The van der Waals surface area contributed by atoms with E-state index in [1.54, 1.807) is 30.8 Å². The van der Waals surface area contributed by atoms with Crippen LogP contribution in [0.15, 0.2) is 29.9 Å². The fourth-order valence-corrected chi connectivity index (χ4v) is 2.51. The van der Waals surface area contributed by atoms with E-state index in [1.165, 1.54) is 17.4 Å². The second kappa shape index (κ2) is 5.90. The quantitative estimate of drug-likeness (QED) is 0.553. The van der Waals surface area contributed by atoms with Gasteiger partial charge in [-0.25, -0.2) is 0 Å². The van der Waals surface area contributed by atoms with Crippen molar-refractivity contribution in [3.63, 3.8) is 0 Å². The Morgan fingerprint density at radius 3 is 2.91 bits per heavy atom. The maximum atomic E-state index is 11.2. The fraction of sp³-hybridized carbons (Fsp3) is 0.154. The molecule has 3 aromatic rings. The van der Waals surface area contributed by atoms with Crippen molar-refractivity contribution in [3.8, 4) is 11.4 Å². The van der Waals surface area contributed by atoms with Crippen LogP contribution in [0.4, 0.5) is 11.4 Å². The van der Waals surface area contributed by atoms with Gasteiger partial charge in [-0.2, -0.15) is 0 Å². The lowest BCUT2D eigenvalue weighted by molar-refractivity contribution is -0.384. The summed E-state index contributed by atoms with van der Waals surface area (Å²) >= 11 is 1.49. The van der Waals surface area contributed by atoms with E-state index in [4.69, 9.17) is 0 Å². The molecule has 0 bridgehead atoms. The lowest BCUT2D eigenvalue weighted by Crippen LogP contribution is -2.02. The fourth-order valence-electron chi connectivity index (χ4n) is 1.97. The van der Waals surface area contributed by atoms with Crippen LogP contribution in [0.25, 0.3) is 11.4 Å². The van der Waals surface area contributed by atoms with Gasteiger partial charge in [-0.05, 0) is 19.1 Å². The Labute approximate surface area is 129 Å². The molecule has 1 aromatic carbocycles. The number of hydrogen-bond donors (Lipinski definition) is 2. The first-order valence-electron chi connectivity index (χ1n) is 6.43. The Hall–Kier alpha value is -2.81. The van der Waals surface area contributed by atoms with Crippen LogP contribution in [0.1, 0.15) is 10.7 Å². The van der Waals surface area contributed by atoms with Crippen LogP contribution in [0.3, 0.4) is 0 Å². The average Bonchev–Trinajstić information content (AvgIpc) is 3.16. The Bertz CT molecular complexity index is 799. The molecular weight excluding hydrogens is 304 g/mol. The highest BCUT2D eigenvalue weighted by molar-refractivity contribution is 7.09. The number of nitrogens with zero attached hydrogens (tertiary/aromatic N) is 4. The minimum atomic E-state index is -0.412. The third-order valence-electron chi connectivity index (χ3n) is 3.00. The van der Waals surface area contributed by atoms with Gasteiger partial charge < -0.3 is 10.3 Å². The number of aromatic amines is 1. The maximum absolute atomic E-state index is 11.2. The second-order valence-electron chi connectivity index (χ2n) is 4.57. The number of nitro benzene ring substituents is 1. The molecule has 9 heteroatoms. The Morgan fingerprint density at radius 1 is 1.41 bits per heavy atom. The van der Waals surface area contributed by atoms with Gasteiger partial charge in [-0.1, -0.05) is 0 Å². The van der Waals surface area contributed by atoms with E-state index in [0.29, 0.717) is 23.9 Å². The van der Waals surface area contributed by atoms with E-state index in [1.807, 2.05) is 0 Å². The van der Waals surface area contributed by atoms with Crippen LogP contribution in [0.2, 0.25) is 0 Å². The van der Waals surface area contributed by atoms with Gasteiger partial charge in [0, 0.05) is 22.7 Å². The first-order valence-corrected chi connectivity index (χ1v) is 7.31. The molecular formula is C13H12N6O2S. The highest BCUT2D eigenvalue weighted by atomic mass is 32.1. The van der Waals surface area contributed by atoms with Gasteiger partial charge in [0.15, 0.2) is 5.82 Å². The summed E-state index contributed by atoms with van der Waals surface area (Å²) in [7, 11) is 0. The van der Waals surface area contributed by atoms with Crippen LogP contribution in [0, 0.1) is 17.0 Å². The van der Waals surface area contributed by atoms with Crippen LogP contribution in [-0.2, 0) is 6.54 Å². The molecule has 2 aromatic heterocycles. The molecule has 0 radical (unpaired) electrons. The summed E-state index contributed by atoms with van der Waals surface area (Å²) in [5, 5.41) is 22.1. The number of nitro groups is 1. The third kappa shape index (κ3) is 2.93. The summed E-state index contributed by atoms with van der Waals surface area (Å²) in [5.74, 6) is 1.26. The van der Waals surface area contributed by atoms with Crippen LogP contribution >= 0.6 is 11.3 Å². The van der Waals surface area contributed by atoms with Gasteiger partial charge in [0.1, 0.15) is 11.5 Å². The molecule has 8 nitrogen and oxygen atoms in total. The van der Waals surface area contributed by atoms with Gasteiger partial charge in [0.05, 0.1) is 17.0 Å². The van der Waals surface area contributed by atoms with Crippen molar-refractivity contribution in [2.75, 3.05) is 5.32 Å². The van der Waals surface area contributed by atoms with Crippen molar-refractivity contribution in [1.29, 1.82) is 0 Å². The van der Waals surface area contributed by atoms with E-state index >= 15 is 0 Å². The highest BCUT2D eigenvalue weighted by Gasteiger charge is 2.16. The van der Waals surface area contributed by atoms with Crippen LogP contribution in [-0.4, -0.2) is 25.1 Å². The molecule has 0 aliphatic heterocycles. The number of benzene rings is 1. The van der Waals surface area contributed by atoms with Gasteiger partial charge >= 0.3 is 0 Å². The minimum absolute atomic E-state index is 0.0181. The summed E-state index contributed by atoms with van der Waals surface area (Å²) in [6.07, 6.45) is 1.73. The topological polar surface area (TPSA) is 110 Å². The summed E-state index contributed by atoms with van der Waals surface area (Å²) < 4.78 is 0. The van der Waals surface area contributed by atoms with Crippen LogP contribution < -0.4 is 5.32 Å². The molecule has 112 valence electrons. The standard InChI is InChI=1S/C13H12N6O2S/c1-8-16-13(18-17-8)9-2-3-12(19(20)21)11(4-9)15-6-10-5-14-7-22-10/h2-5,7,15H,6H2,1H3,(H,16,17,18). The predicted molar refractivity (Wildman–Crippen MR) is 82.7 cm³/mol. The SMILES string of the molecule is Cc1nnc(-c2ccc([N+](=O)[O-])c(NCc3cncs3)c2)[nH]1. The summed E-state index contributed by atoms with van der Waals surface area (Å²) in [6.45, 7) is 2.27. The number of hydrogen-bond acceptors (Lipinski definition) is 7. The van der Waals surface area contributed by atoms with E-state index in [-0.39, 0.29) is 5.69 Å². The zero-order valence-electron chi connectivity index (χ0n) is 11.6. The molecule has 0 saturated heterocycles. The van der Waals surface area contributed by atoms with E-state index in [0.717, 1.165) is 10.4 Å². The van der Waals surface area contributed by atoms with Crippen molar-refractivity contribution < 1.29 is 4.92 Å². The first-order chi connectivity index (χ1) is 10.6. The molecule has 2 N–H and O–H groups in total. The number of H-pyrrole nitrogens is 1. The number of nitrogens with one attached hydrogen (secondary N) is 2. The Kier molecular flexibility index (Phi) is 3.79. The van der Waals surface area contributed by atoms with Crippen molar-refractivity contribution in [2.45, 2.75) is 13.5 Å². The largest absolute Gasteiger partial charge is 0.375 e. The molecule has 0 aliphatic carbocycles. The van der Waals surface area contributed by atoms with E-state index in [2.05, 4.69) is 25.5 Å². The number of aromatic nitrogens is 4. The van der Waals surface area contributed by atoms with Crippen LogP contribution in [0.5, 0.6) is 0 Å². The summed E-state index contributed by atoms with van der Waals surface area (Å²) in [5.41, 5.74) is 2.91. The lowest BCUT2D eigenvalue weighted by Gasteiger charge is -2.07. The number of anilines is 1. The van der Waals surface area contributed by atoms with Crippen molar-refractivity contribution in [3.05, 3.63) is 50.7 Å². The molecule has 0 aliphatic rings. The molecule has 0 spiro atoms. The minimum Gasteiger partial charge on any atom is -0.375 e. The molecule has 0 atom stereocenters. The van der Waals surface area contributed by atoms with Crippen molar-refractivity contribution >= 4 is 22.7 Å². The molecule has 3 rings (SSSR count). The lowest BCUT2D eigenvalue weighted by atomic mass is 10.1. The van der Waals surface area contributed by atoms with Gasteiger partial charge in [0.2, 0.25) is 0 Å². The number of rotatable bonds is 5. The zero-order valence-corrected chi connectivity index (χ0v) is 12.4. The monoisotopic (exact) mass is 316 g/mol. The second-order valence-corrected chi connectivity index (χ2v) is 5.54. The van der Waals surface area contributed by atoms with Crippen molar-refractivity contribution in [2.24, 2.45) is 0 Å². The highest BCUT2D eigenvalue weighted by Crippen LogP contribution is 2.29. The molecule has 0 saturated carbocycles. The van der Waals surface area contributed by atoms with Gasteiger partial charge in [-0.15, -0.1) is 21.5 Å². The zero-order chi connectivity index (χ0) is 15.5. The Balaban J connectivity index is 1.92. The average molecular weight is 316 g/mol. The molecule has 0 amide bonds. The summed E-state index contributed by atoms with van der Waals surface area (Å²) in [4.78, 5) is 18.7. The Morgan fingerprint density at radius 2 is 2.27 bits per heavy atom. The molecule has 0 fully saturated rings. The molecule has 0 unspecified atom stereocenters. The number of thiazole rings is 1. The van der Waals surface area contributed by atoms with E-state index in [9.17, 15) is 10.1 Å². The maximum Gasteiger partial charge on any atom is 0.292 e. The number of aryl methyl sites for hydroxylation is 1. The predicted octanol–water partition coefficient (Wildman–Crippen LogP) is 2.76. The summed E-state index contributed by atoms with van der Waals surface area (Å²) in [6, 6.07) is 4.80. The molecule has 2 heterocycles. The van der Waals surface area contributed by atoms with Gasteiger partial charge in [-0.3, -0.25) is 15.1 Å². The van der Waals surface area contributed by atoms with E-state index < -0.39 is 4.92 Å². The normalized spacial score (nSPS) is 10.6. The third-order valence-corrected chi connectivity index (χ3v) is 3.78.